The molecule has 0 aliphatic rings. The summed E-state index contributed by atoms with van der Waals surface area (Å²) in [6.07, 6.45) is 0. The molecule has 0 amide bonds. The Bertz CT molecular complexity index is 317. The van der Waals surface area contributed by atoms with Gasteiger partial charge in [0.05, 0.1) is 0 Å². The molecule has 0 saturated heterocycles. The van der Waals surface area contributed by atoms with Crippen molar-refractivity contribution in [2.75, 3.05) is 11.9 Å². The van der Waals surface area contributed by atoms with Crippen molar-refractivity contribution >= 4 is 16.7 Å². The Labute approximate surface area is 96.5 Å². The van der Waals surface area contributed by atoms with Crippen molar-refractivity contribution in [3.63, 3.8) is 0 Å². The van der Waals surface area contributed by atoms with Crippen molar-refractivity contribution in [3.05, 3.63) is 5.82 Å². The van der Waals surface area contributed by atoms with Crippen LogP contribution in [0.4, 0.5) is 5.13 Å². The summed E-state index contributed by atoms with van der Waals surface area (Å²) in [7, 11) is 0. The van der Waals surface area contributed by atoms with Gasteiger partial charge in [0.15, 0.2) is 0 Å². The molecule has 1 N–H and O–H groups in total. The molecule has 1 rings (SSSR count). The molecule has 0 unspecified atom stereocenters. The maximum atomic E-state index is 4.48. The third-order valence-corrected chi connectivity index (χ3v) is 2.54. The monoisotopic (exact) mass is 227 g/mol. The van der Waals surface area contributed by atoms with E-state index in [1.54, 1.807) is 0 Å². The summed E-state index contributed by atoms with van der Waals surface area (Å²) in [6, 6.07) is 0. The number of rotatable bonds is 2. The van der Waals surface area contributed by atoms with Crippen molar-refractivity contribution in [2.45, 2.75) is 47.0 Å². The van der Waals surface area contributed by atoms with Gasteiger partial charge in [0.25, 0.3) is 0 Å². The van der Waals surface area contributed by atoms with Crippen LogP contribution in [0.5, 0.6) is 0 Å². The number of aromatic nitrogens is 2. The van der Waals surface area contributed by atoms with Crippen LogP contribution in [-0.4, -0.2) is 15.9 Å². The molecule has 0 radical (unpaired) electrons. The van der Waals surface area contributed by atoms with E-state index in [1.807, 2.05) is 0 Å². The highest BCUT2D eigenvalue weighted by molar-refractivity contribution is 7.09. The first-order valence-electron chi connectivity index (χ1n) is 5.26. The van der Waals surface area contributed by atoms with E-state index >= 15 is 0 Å². The Balaban J connectivity index is 2.62. The Kier molecular flexibility index (Phi) is 3.38. The number of nitrogens with one attached hydrogen (secondary N) is 1. The van der Waals surface area contributed by atoms with E-state index in [4.69, 9.17) is 0 Å². The van der Waals surface area contributed by atoms with Crippen molar-refractivity contribution in [3.8, 4) is 0 Å². The second-order valence-corrected chi connectivity index (χ2v) is 6.84. The molecule has 1 heterocycles. The predicted octanol–water partition coefficient (Wildman–Crippen LogP) is 3.29. The first-order valence-corrected chi connectivity index (χ1v) is 6.04. The van der Waals surface area contributed by atoms with E-state index in [-0.39, 0.29) is 10.8 Å². The first kappa shape index (κ1) is 12.4. The Morgan fingerprint density at radius 3 is 2.13 bits per heavy atom. The minimum Gasteiger partial charge on any atom is -0.360 e. The molecule has 0 saturated carbocycles. The van der Waals surface area contributed by atoms with Crippen LogP contribution in [0, 0.1) is 5.41 Å². The molecule has 86 valence electrons. The molecule has 0 aliphatic carbocycles. The van der Waals surface area contributed by atoms with Crippen molar-refractivity contribution in [2.24, 2.45) is 5.41 Å². The zero-order valence-corrected chi connectivity index (χ0v) is 11.3. The van der Waals surface area contributed by atoms with Gasteiger partial charge in [0, 0.05) is 23.5 Å². The Morgan fingerprint density at radius 1 is 1.13 bits per heavy atom. The summed E-state index contributed by atoms with van der Waals surface area (Å²) in [5.41, 5.74) is 0.311. The average molecular weight is 227 g/mol. The predicted molar refractivity (Wildman–Crippen MR) is 66.6 cm³/mol. The highest BCUT2D eigenvalue weighted by Gasteiger charge is 2.20. The van der Waals surface area contributed by atoms with Crippen molar-refractivity contribution in [1.82, 2.24) is 9.36 Å². The van der Waals surface area contributed by atoms with Crippen LogP contribution in [0.3, 0.4) is 0 Å². The van der Waals surface area contributed by atoms with Crippen LogP contribution >= 0.6 is 11.5 Å². The van der Waals surface area contributed by atoms with Crippen LogP contribution < -0.4 is 5.32 Å². The molecule has 1 aromatic heterocycles. The largest absolute Gasteiger partial charge is 0.360 e. The fraction of sp³-hybridized carbons (Fsp3) is 0.818. The molecule has 0 bridgehead atoms. The van der Waals surface area contributed by atoms with Crippen LogP contribution in [0.1, 0.15) is 47.4 Å². The maximum absolute atomic E-state index is 4.48. The van der Waals surface area contributed by atoms with Gasteiger partial charge in [0.2, 0.25) is 5.13 Å². The van der Waals surface area contributed by atoms with E-state index in [0.29, 0.717) is 0 Å². The molecule has 0 spiro atoms. The molecule has 0 aliphatic heterocycles. The number of nitrogens with zero attached hydrogens (tertiary/aromatic N) is 2. The molecule has 4 heteroatoms. The van der Waals surface area contributed by atoms with E-state index in [2.05, 4.69) is 56.2 Å². The lowest BCUT2D eigenvalue weighted by Crippen LogP contribution is -2.19. The lowest BCUT2D eigenvalue weighted by molar-refractivity contribution is 0.443. The smallest absolute Gasteiger partial charge is 0.202 e. The maximum Gasteiger partial charge on any atom is 0.202 e. The van der Waals surface area contributed by atoms with Gasteiger partial charge in [0.1, 0.15) is 5.82 Å². The number of hydrogen-bond acceptors (Lipinski definition) is 4. The summed E-state index contributed by atoms with van der Waals surface area (Å²) < 4.78 is 4.36. The van der Waals surface area contributed by atoms with Gasteiger partial charge in [-0.05, 0) is 5.41 Å². The second kappa shape index (κ2) is 4.08. The Morgan fingerprint density at radius 2 is 1.73 bits per heavy atom. The third kappa shape index (κ3) is 4.16. The Hall–Kier alpha value is -0.640. The molecule has 0 atom stereocenters. The normalized spacial score (nSPS) is 12.9. The zero-order valence-electron chi connectivity index (χ0n) is 10.5. The minimum absolute atomic E-state index is 0.0398. The average Bonchev–Trinajstić information content (AvgIpc) is 2.45. The first-order chi connectivity index (χ1) is 6.68. The van der Waals surface area contributed by atoms with E-state index in [0.717, 1.165) is 17.5 Å². The van der Waals surface area contributed by atoms with Crippen LogP contribution in [0.25, 0.3) is 0 Å². The third-order valence-electron chi connectivity index (χ3n) is 1.87. The fourth-order valence-electron chi connectivity index (χ4n) is 0.941. The summed E-state index contributed by atoms with van der Waals surface area (Å²) in [5, 5.41) is 4.25. The van der Waals surface area contributed by atoms with E-state index < -0.39 is 0 Å². The minimum atomic E-state index is 0.0398. The van der Waals surface area contributed by atoms with Gasteiger partial charge in [-0.1, -0.05) is 41.5 Å². The lowest BCUT2D eigenvalue weighted by atomic mass is 9.96. The molecular weight excluding hydrogens is 206 g/mol. The summed E-state index contributed by atoms with van der Waals surface area (Å²) in [4.78, 5) is 4.48. The van der Waals surface area contributed by atoms with Crippen LogP contribution in [0.15, 0.2) is 0 Å². The van der Waals surface area contributed by atoms with Gasteiger partial charge in [-0.15, -0.1) is 0 Å². The van der Waals surface area contributed by atoms with Gasteiger partial charge < -0.3 is 5.32 Å². The van der Waals surface area contributed by atoms with Gasteiger partial charge in [-0.2, -0.15) is 4.37 Å². The standard InChI is InChI=1S/C11H21N3S/c1-10(2,3)7-12-9-13-8(14-15-9)11(4,5)6/h7H2,1-6H3,(H,12,13,14). The molecule has 15 heavy (non-hydrogen) atoms. The zero-order chi connectivity index (χ0) is 11.7. The molecule has 3 nitrogen and oxygen atoms in total. The van der Waals surface area contributed by atoms with E-state index in [9.17, 15) is 0 Å². The molecular formula is C11H21N3S. The highest BCUT2D eigenvalue weighted by Crippen LogP contribution is 2.23. The molecule has 1 aromatic rings. The number of hydrogen-bond donors (Lipinski definition) is 1. The van der Waals surface area contributed by atoms with Crippen molar-refractivity contribution in [1.29, 1.82) is 0 Å². The van der Waals surface area contributed by atoms with Crippen molar-refractivity contribution < 1.29 is 0 Å². The van der Waals surface area contributed by atoms with Crippen LogP contribution in [-0.2, 0) is 5.41 Å². The lowest BCUT2D eigenvalue weighted by Gasteiger charge is -2.18. The number of anilines is 1. The molecule has 0 aromatic carbocycles. The van der Waals surface area contributed by atoms with Gasteiger partial charge >= 0.3 is 0 Å². The second-order valence-electron chi connectivity index (χ2n) is 6.09. The quantitative estimate of drug-likeness (QED) is 0.842. The summed E-state index contributed by atoms with van der Waals surface area (Å²) in [5.74, 6) is 0.920. The topological polar surface area (TPSA) is 37.8 Å². The van der Waals surface area contributed by atoms with Gasteiger partial charge in [-0.3, -0.25) is 0 Å². The SMILES string of the molecule is CC(C)(C)CNc1nc(C(C)(C)C)ns1. The van der Waals surface area contributed by atoms with E-state index in [1.165, 1.54) is 11.5 Å². The van der Waals surface area contributed by atoms with Crippen LogP contribution in [0.2, 0.25) is 0 Å². The highest BCUT2D eigenvalue weighted by atomic mass is 32.1. The molecule has 0 fully saturated rings. The summed E-state index contributed by atoms with van der Waals surface area (Å²) >= 11 is 1.44. The van der Waals surface area contributed by atoms with Gasteiger partial charge in [-0.25, -0.2) is 4.98 Å². The summed E-state index contributed by atoms with van der Waals surface area (Å²) in [6.45, 7) is 13.9. The fourth-order valence-corrected chi connectivity index (χ4v) is 1.69.